The second-order valence-electron chi connectivity index (χ2n) is 12.8. The van der Waals surface area contributed by atoms with Gasteiger partial charge in [0.1, 0.15) is 0 Å². The molecule has 236 valence electrons. The molecule has 8 aromatic carbocycles. The van der Waals surface area contributed by atoms with Gasteiger partial charge in [0.25, 0.3) is 0 Å². The molecule has 0 heterocycles. The SMILES string of the molecule is CCCCc1ccc(-c2ccc(-c3ccc(N(c4ccc(-c5ccccc5)cc4)c4cc5ccccc5c5ccccc45)cc3)cc2)cc1. The summed E-state index contributed by atoms with van der Waals surface area (Å²) in [6, 6.07) is 66.4. The maximum absolute atomic E-state index is 2.40. The number of rotatable bonds is 9. The first-order valence-electron chi connectivity index (χ1n) is 17.4. The Bertz CT molecular complexity index is 2320. The van der Waals surface area contributed by atoms with E-state index in [1.54, 1.807) is 0 Å². The van der Waals surface area contributed by atoms with Crippen LogP contribution in [0.4, 0.5) is 17.1 Å². The van der Waals surface area contributed by atoms with Gasteiger partial charge < -0.3 is 4.90 Å². The van der Waals surface area contributed by atoms with Gasteiger partial charge in [0.2, 0.25) is 0 Å². The highest BCUT2D eigenvalue weighted by Crippen LogP contribution is 2.42. The summed E-state index contributed by atoms with van der Waals surface area (Å²) in [5.74, 6) is 0. The van der Waals surface area contributed by atoms with Crippen LogP contribution in [-0.2, 0) is 6.42 Å². The molecular formula is C48H39N. The normalized spacial score (nSPS) is 11.2. The van der Waals surface area contributed by atoms with Crippen molar-refractivity contribution in [3.63, 3.8) is 0 Å². The maximum atomic E-state index is 2.40. The van der Waals surface area contributed by atoms with Gasteiger partial charge in [0.05, 0.1) is 5.69 Å². The standard InChI is InChI=1S/C48H39N/c1-2-3-11-35-18-20-37(21-19-35)38-22-24-39(25-23-38)41-28-32-44(33-29-41)49(43-30-26-40(27-31-43)36-12-5-4-6-13-36)48-34-42-14-7-8-15-45(42)46-16-9-10-17-47(46)48/h4-10,12-34H,2-3,11H2,1H3. The van der Waals surface area contributed by atoms with E-state index in [0.29, 0.717) is 0 Å². The number of fused-ring (bicyclic) bond motifs is 3. The molecule has 0 atom stereocenters. The first-order valence-corrected chi connectivity index (χ1v) is 17.4. The molecule has 8 aromatic rings. The Hall–Kier alpha value is -5.92. The zero-order chi connectivity index (χ0) is 33.0. The molecule has 0 unspecified atom stereocenters. The highest BCUT2D eigenvalue weighted by Gasteiger charge is 2.18. The molecule has 0 N–H and O–H groups in total. The summed E-state index contributed by atoms with van der Waals surface area (Å²) in [6.45, 7) is 2.25. The number of hydrogen-bond acceptors (Lipinski definition) is 1. The molecule has 0 fully saturated rings. The number of hydrogen-bond donors (Lipinski definition) is 0. The van der Waals surface area contributed by atoms with Crippen LogP contribution in [0.25, 0.3) is 54.9 Å². The van der Waals surface area contributed by atoms with Crippen molar-refractivity contribution in [1.82, 2.24) is 0 Å². The van der Waals surface area contributed by atoms with Crippen LogP contribution in [0.3, 0.4) is 0 Å². The van der Waals surface area contributed by atoms with E-state index in [4.69, 9.17) is 0 Å². The lowest BCUT2D eigenvalue weighted by Gasteiger charge is -2.28. The van der Waals surface area contributed by atoms with Gasteiger partial charge in [0.15, 0.2) is 0 Å². The fraction of sp³-hybridized carbons (Fsp3) is 0.0833. The van der Waals surface area contributed by atoms with Crippen molar-refractivity contribution >= 4 is 38.6 Å². The second kappa shape index (κ2) is 13.7. The predicted molar refractivity (Wildman–Crippen MR) is 211 cm³/mol. The molecule has 0 saturated carbocycles. The van der Waals surface area contributed by atoms with Crippen molar-refractivity contribution in [2.45, 2.75) is 26.2 Å². The minimum absolute atomic E-state index is 1.12. The Labute approximate surface area is 289 Å². The molecule has 0 bridgehead atoms. The number of anilines is 3. The predicted octanol–water partition coefficient (Wildman–Crippen LogP) is 13.8. The summed E-state index contributed by atoms with van der Waals surface area (Å²) in [5.41, 5.74) is 12.2. The zero-order valence-corrected chi connectivity index (χ0v) is 27.9. The Morgan fingerprint density at radius 2 is 0.816 bits per heavy atom. The van der Waals surface area contributed by atoms with Crippen molar-refractivity contribution in [1.29, 1.82) is 0 Å². The average Bonchev–Trinajstić information content (AvgIpc) is 3.18. The van der Waals surface area contributed by atoms with E-state index in [1.807, 2.05) is 0 Å². The molecule has 0 saturated heterocycles. The third-order valence-electron chi connectivity index (χ3n) is 9.67. The van der Waals surface area contributed by atoms with Gasteiger partial charge in [-0.3, -0.25) is 0 Å². The summed E-state index contributed by atoms with van der Waals surface area (Å²) >= 11 is 0. The van der Waals surface area contributed by atoms with Gasteiger partial charge >= 0.3 is 0 Å². The molecule has 0 aromatic heterocycles. The topological polar surface area (TPSA) is 3.24 Å². The molecule has 0 amide bonds. The van der Waals surface area contributed by atoms with Crippen molar-refractivity contribution in [2.24, 2.45) is 0 Å². The molecule has 1 nitrogen and oxygen atoms in total. The number of benzene rings is 8. The molecule has 0 spiro atoms. The summed E-state index contributed by atoms with van der Waals surface area (Å²) < 4.78 is 0. The smallest absolute Gasteiger partial charge is 0.0546 e. The largest absolute Gasteiger partial charge is 0.310 e. The molecule has 49 heavy (non-hydrogen) atoms. The molecular weight excluding hydrogens is 591 g/mol. The summed E-state index contributed by atoms with van der Waals surface area (Å²) in [5, 5.41) is 4.99. The highest BCUT2D eigenvalue weighted by molar-refractivity contribution is 6.14. The third kappa shape index (κ3) is 6.24. The Balaban J connectivity index is 1.16. The van der Waals surface area contributed by atoms with Crippen LogP contribution in [0.1, 0.15) is 25.3 Å². The lowest BCUT2D eigenvalue weighted by molar-refractivity contribution is 0.795. The lowest BCUT2D eigenvalue weighted by Crippen LogP contribution is -2.10. The van der Waals surface area contributed by atoms with Crippen molar-refractivity contribution in [3.8, 4) is 33.4 Å². The van der Waals surface area contributed by atoms with E-state index in [9.17, 15) is 0 Å². The quantitative estimate of drug-likeness (QED) is 0.144. The monoisotopic (exact) mass is 629 g/mol. The van der Waals surface area contributed by atoms with E-state index in [0.717, 1.165) is 17.8 Å². The summed E-state index contributed by atoms with van der Waals surface area (Å²) in [4.78, 5) is 2.40. The van der Waals surface area contributed by atoms with Gasteiger partial charge in [0, 0.05) is 16.8 Å². The van der Waals surface area contributed by atoms with Gasteiger partial charge in [-0.2, -0.15) is 0 Å². The van der Waals surface area contributed by atoms with Crippen LogP contribution in [0.5, 0.6) is 0 Å². The first-order chi connectivity index (χ1) is 24.2. The van der Waals surface area contributed by atoms with Crippen LogP contribution in [0.2, 0.25) is 0 Å². The molecule has 0 aliphatic rings. The minimum atomic E-state index is 1.12. The highest BCUT2D eigenvalue weighted by atomic mass is 15.1. The second-order valence-corrected chi connectivity index (χ2v) is 12.8. The van der Waals surface area contributed by atoms with Crippen molar-refractivity contribution < 1.29 is 0 Å². The zero-order valence-electron chi connectivity index (χ0n) is 27.9. The minimum Gasteiger partial charge on any atom is -0.310 e. The van der Waals surface area contributed by atoms with E-state index in [-0.39, 0.29) is 0 Å². The number of nitrogens with zero attached hydrogens (tertiary/aromatic N) is 1. The number of aryl methyl sites for hydroxylation is 1. The summed E-state index contributed by atoms with van der Waals surface area (Å²) in [7, 11) is 0. The third-order valence-corrected chi connectivity index (χ3v) is 9.67. The lowest BCUT2D eigenvalue weighted by atomic mass is 9.97. The van der Waals surface area contributed by atoms with Crippen LogP contribution < -0.4 is 4.90 Å². The molecule has 1 heteroatoms. The van der Waals surface area contributed by atoms with E-state index < -0.39 is 0 Å². The van der Waals surface area contributed by atoms with E-state index >= 15 is 0 Å². The molecule has 0 radical (unpaired) electrons. The molecule has 0 aliphatic heterocycles. The van der Waals surface area contributed by atoms with Gasteiger partial charge in [-0.15, -0.1) is 0 Å². The fourth-order valence-electron chi connectivity index (χ4n) is 6.98. The van der Waals surface area contributed by atoms with Gasteiger partial charge in [-0.1, -0.05) is 165 Å². The fourth-order valence-corrected chi connectivity index (χ4v) is 6.98. The van der Waals surface area contributed by atoms with E-state index in [1.165, 1.54) is 79.0 Å². The van der Waals surface area contributed by atoms with Crippen LogP contribution in [-0.4, -0.2) is 0 Å². The van der Waals surface area contributed by atoms with Crippen molar-refractivity contribution in [2.75, 3.05) is 4.90 Å². The average molecular weight is 630 g/mol. The summed E-state index contributed by atoms with van der Waals surface area (Å²) in [6.07, 6.45) is 3.62. The molecule has 8 rings (SSSR count). The Kier molecular flexibility index (Phi) is 8.48. The van der Waals surface area contributed by atoms with Crippen LogP contribution >= 0.6 is 0 Å². The number of unbranched alkanes of at least 4 members (excludes halogenated alkanes) is 1. The van der Waals surface area contributed by atoms with Crippen LogP contribution in [0.15, 0.2) is 182 Å². The Morgan fingerprint density at radius 1 is 0.388 bits per heavy atom. The van der Waals surface area contributed by atoms with E-state index in [2.05, 4.69) is 194 Å². The molecule has 0 aliphatic carbocycles. The van der Waals surface area contributed by atoms with Crippen LogP contribution in [0, 0.1) is 0 Å². The van der Waals surface area contributed by atoms with Crippen molar-refractivity contribution in [3.05, 3.63) is 188 Å². The first kappa shape index (κ1) is 30.4. The maximum Gasteiger partial charge on any atom is 0.0546 e. The Morgan fingerprint density at radius 3 is 1.37 bits per heavy atom. The van der Waals surface area contributed by atoms with Gasteiger partial charge in [-0.25, -0.2) is 0 Å². The van der Waals surface area contributed by atoms with Gasteiger partial charge in [-0.05, 0) is 98.3 Å².